The molecule has 26 heavy (non-hydrogen) atoms. The average Bonchev–Trinajstić information content (AvgIpc) is 2.61. The molecule has 1 N–H and O–H groups in total. The fraction of sp³-hybridized carbons (Fsp3) is 0.316. The number of carbonyl (C=O) groups excluding carboxylic acids is 1. The Morgan fingerprint density at radius 2 is 1.81 bits per heavy atom. The van der Waals surface area contributed by atoms with E-state index in [0.717, 1.165) is 5.56 Å². The first-order valence-corrected chi connectivity index (χ1v) is 10.2. The van der Waals surface area contributed by atoms with Crippen molar-refractivity contribution in [2.75, 3.05) is 7.11 Å². The Hall–Kier alpha value is -2.05. The Bertz CT molecular complexity index is 868. The Morgan fingerprint density at radius 3 is 2.42 bits per heavy atom. The molecule has 0 aliphatic carbocycles. The number of methoxy groups -OCH3 is 1. The van der Waals surface area contributed by atoms with Crippen LogP contribution >= 0.6 is 11.6 Å². The summed E-state index contributed by atoms with van der Waals surface area (Å²) in [6.07, 6.45) is 0. The molecule has 0 saturated carbocycles. The normalized spacial score (nSPS) is 13.7. The van der Waals surface area contributed by atoms with Crippen LogP contribution in [-0.4, -0.2) is 26.7 Å². The van der Waals surface area contributed by atoms with Crippen molar-refractivity contribution >= 4 is 27.3 Å². The van der Waals surface area contributed by atoms with E-state index in [-0.39, 0.29) is 11.8 Å². The molecule has 0 heterocycles. The van der Waals surface area contributed by atoms with Crippen molar-refractivity contribution in [1.82, 2.24) is 5.32 Å². The van der Waals surface area contributed by atoms with E-state index >= 15 is 0 Å². The number of halogens is 1. The maximum Gasteiger partial charge on any atom is 0.238 e. The third-order valence-electron chi connectivity index (χ3n) is 4.17. The van der Waals surface area contributed by atoms with Crippen molar-refractivity contribution in [3.8, 4) is 5.75 Å². The largest absolute Gasteiger partial charge is 0.496 e. The summed E-state index contributed by atoms with van der Waals surface area (Å²) in [7, 11) is -2.29. The van der Waals surface area contributed by atoms with Crippen LogP contribution in [0.5, 0.6) is 5.75 Å². The van der Waals surface area contributed by atoms with Gasteiger partial charge in [0.2, 0.25) is 5.91 Å². The van der Waals surface area contributed by atoms with Crippen LogP contribution in [0.3, 0.4) is 0 Å². The number of sulfone groups is 1. The lowest BCUT2D eigenvalue weighted by Gasteiger charge is -2.19. The van der Waals surface area contributed by atoms with Gasteiger partial charge in [-0.05, 0) is 37.6 Å². The molecule has 2 rings (SSSR count). The molecule has 0 unspecified atom stereocenters. The predicted molar refractivity (Wildman–Crippen MR) is 103 cm³/mol. The van der Waals surface area contributed by atoms with E-state index in [1.165, 1.54) is 20.1 Å². The van der Waals surface area contributed by atoms with Gasteiger partial charge in [-0.1, -0.05) is 41.9 Å². The van der Waals surface area contributed by atoms with Crippen LogP contribution in [-0.2, 0) is 20.4 Å². The molecule has 2 aromatic rings. The zero-order valence-corrected chi connectivity index (χ0v) is 16.5. The van der Waals surface area contributed by atoms with Crippen molar-refractivity contribution in [2.45, 2.75) is 30.9 Å². The number of ether oxygens (including phenoxy) is 1. The number of benzene rings is 2. The van der Waals surface area contributed by atoms with Gasteiger partial charge in [-0.25, -0.2) is 8.42 Å². The number of nitrogens with one attached hydrogen (secondary N) is 1. The molecule has 0 aromatic heterocycles. The first-order chi connectivity index (χ1) is 12.2. The zero-order valence-electron chi connectivity index (χ0n) is 14.9. The van der Waals surface area contributed by atoms with E-state index in [9.17, 15) is 13.2 Å². The Labute approximate surface area is 159 Å². The van der Waals surface area contributed by atoms with Gasteiger partial charge in [0.1, 0.15) is 11.0 Å². The molecule has 2 atom stereocenters. The van der Waals surface area contributed by atoms with Crippen LogP contribution in [0.1, 0.15) is 31.0 Å². The molecule has 0 aliphatic rings. The summed E-state index contributed by atoms with van der Waals surface area (Å²) in [5.74, 6) is -0.448. The molecule has 0 saturated heterocycles. The minimum Gasteiger partial charge on any atom is -0.496 e. The fourth-order valence-corrected chi connectivity index (χ4v) is 4.02. The van der Waals surface area contributed by atoms with E-state index < -0.39 is 21.0 Å². The standard InChI is InChI=1S/C19H22ClNO4S/c1-13(15-7-5-4-6-8-15)21-19(22)14(2)26(23,24)12-16-11-17(20)9-10-18(16)25-3/h4-11,13-14H,12H2,1-3H3,(H,21,22)/t13-,14+/m0/s1. The van der Waals surface area contributed by atoms with Gasteiger partial charge in [-0.15, -0.1) is 0 Å². The SMILES string of the molecule is COc1ccc(Cl)cc1CS(=O)(=O)[C@H](C)C(=O)N[C@@H](C)c1ccccc1. The topological polar surface area (TPSA) is 72.5 Å². The van der Waals surface area contributed by atoms with Gasteiger partial charge in [0.25, 0.3) is 0 Å². The van der Waals surface area contributed by atoms with Crippen LogP contribution in [0.2, 0.25) is 5.02 Å². The molecular weight excluding hydrogens is 374 g/mol. The smallest absolute Gasteiger partial charge is 0.238 e. The summed E-state index contributed by atoms with van der Waals surface area (Å²) in [6.45, 7) is 3.20. The fourth-order valence-electron chi connectivity index (χ4n) is 2.52. The molecule has 2 aromatic carbocycles. The summed E-state index contributed by atoms with van der Waals surface area (Å²) in [4.78, 5) is 12.4. The summed E-state index contributed by atoms with van der Waals surface area (Å²) in [6, 6.07) is 13.8. The highest BCUT2D eigenvalue weighted by atomic mass is 35.5. The minimum atomic E-state index is -3.74. The van der Waals surface area contributed by atoms with Gasteiger partial charge in [0.05, 0.1) is 18.9 Å². The highest BCUT2D eigenvalue weighted by Gasteiger charge is 2.30. The molecule has 1 amide bonds. The van der Waals surface area contributed by atoms with Crippen molar-refractivity contribution < 1.29 is 17.9 Å². The number of carbonyl (C=O) groups is 1. The number of hydrogen-bond acceptors (Lipinski definition) is 4. The highest BCUT2D eigenvalue weighted by molar-refractivity contribution is 7.92. The lowest BCUT2D eigenvalue weighted by atomic mass is 10.1. The van der Waals surface area contributed by atoms with E-state index in [1.807, 2.05) is 37.3 Å². The van der Waals surface area contributed by atoms with Gasteiger partial charge in [-0.3, -0.25) is 4.79 Å². The summed E-state index contributed by atoms with van der Waals surface area (Å²) in [5.41, 5.74) is 1.33. The molecule has 5 nitrogen and oxygen atoms in total. The van der Waals surface area contributed by atoms with Crippen LogP contribution in [0, 0.1) is 0 Å². The van der Waals surface area contributed by atoms with E-state index in [2.05, 4.69) is 5.32 Å². The third-order valence-corrected chi connectivity index (χ3v) is 6.41. The van der Waals surface area contributed by atoms with Gasteiger partial charge in [-0.2, -0.15) is 0 Å². The predicted octanol–water partition coefficient (Wildman–Crippen LogP) is 3.53. The molecule has 0 radical (unpaired) electrons. The molecular formula is C19H22ClNO4S. The van der Waals surface area contributed by atoms with Crippen LogP contribution in [0.25, 0.3) is 0 Å². The maximum absolute atomic E-state index is 12.7. The monoisotopic (exact) mass is 395 g/mol. The Balaban J connectivity index is 2.13. The van der Waals surface area contributed by atoms with E-state index in [1.54, 1.807) is 12.1 Å². The summed E-state index contributed by atoms with van der Waals surface area (Å²) < 4.78 is 30.5. The second-order valence-electron chi connectivity index (χ2n) is 6.05. The van der Waals surface area contributed by atoms with Gasteiger partial charge in [0, 0.05) is 10.6 Å². The third kappa shape index (κ3) is 4.99. The zero-order chi connectivity index (χ0) is 19.3. The van der Waals surface area contributed by atoms with E-state index in [4.69, 9.17) is 16.3 Å². The van der Waals surface area contributed by atoms with Gasteiger partial charge < -0.3 is 10.1 Å². The second kappa shape index (κ2) is 8.56. The summed E-state index contributed by atoms with van der Waals surface area (Å²) >= 11 is 5.95. The van der Waals surface area contributed by atoms with Crippen molar-refractivity contribution in [3.05, 3.63) is 64.7 Å². The Kier molecular flexibility index (Phi) is 6.67. The summed E-state index contributed by atoms with van der Waals surface area (Å²) in [5, 5.41) is 1.96. The quantitative estimate of drug-likeness (QED) is 0.778. The molecule has 0 aliphatic heterocycles. The first-order valence-electron chi connectivity index (χ1n) is 8.14. The Morgan fingerprint density at radius 1 is 1.15 bits per heavy atom. The number of hydrogen-bond donors (Lipinski definition) is 1. The number of rotatable bonds is 7. The average molecular weight is 396 g/mol. The van der Waals surface area contributed by atoms with Crippen molar-refractivity contribution in [1.29, 1.82) is 0 Å². The maximum atomic E-state index is 12.7. The first kappa shape index (κ1) is 20.3. The molecule has 0 bridgehead atoms. The van der Waals surface area contributed by atoms with Crippen molar-refractivity contribution in [2.24, 2.45) is 0 Å². The molecule has 7 heteroatoms. The van der Waals surface area contributed by atoms with Crippen LogP contribution < -0.4 is 10.1 Å². The highest BCUT2D eigenvalue weighted by Crippen LogP contribution is 2.26. The second-order valence-corrected chi connectivity index (χ2v) is 8.80. The minimum absolute atomic E-state index is 0.290. The van der Waals surface area contributed by atoms with Crippen molar-refractivity contribution in [3.63, 3.8) is 0 Å². The van der Waals surface area contributed by atoms with Crippen LogP contribution in [0.4, 0.5) is 0 Å². The molecule has 0 fully saturated rings. The lowest BCUT2D eigenvalue weighted by Crippen LogP contribution is -2.39. The van der Waals surface area contributed by atoms with E-state index in [0.29, 0.717) is 16.3 Å². The van der Waals surface area contributed by atoms with Crippen LogP contribution in [0.15, 0.2) is 48.5 Å². The lowest BCUT2D eigenvalue weighted by molar-refractivity contribution is -0.121. The molecule has 140 valence electrons. The van der Waals surface area contributed by atoms with Gasteiger partial charge >= 0.3 is 0 Å². The molecule has 0 spiro atoms. The van der Waals surface area contributed by atoms with Gasteiger partial charge in [0.15, 0.2) is 9.84 Å². The number of amides is 1.